The Morgan fingerprint density at radius 1 is 1.22 bits per heavy atom. The number of nitrogens with two attached hydrogens (primary N) is 1. The number of aldehydes is 1. The van der Waals surface area contributed by atoms with Gasteiger partial charge in [0.05, 0.1) is 0 Å². The molecule has 0 unspecified atom stereocenters. The third-order valence-electron chi connectivity index (χ3n) is 4.61. The number of hydrogen-bond donors (Lipinski definition) is 2. The van der Waals surface area contributed by atoms with E-state index in [0.29, 0.717) is 12.1 Å². The Morgan fingerprint density at radius 2 is 1.87 bits per heavy atom. The highest BCUT2D eigenvalue weighted by Gasteiger charge is 2.36. The Balaban J connectivity index is 2.55. The quantitative estimate of drug-likeness (QED) is 0.477. The van der Waals surface area contributed by atoms with Gasteiger partial charge in [0.2, 0.25) is 0 Å². The smallest absolute Gasteiger partial charge is 0.149 e. The average Bonchev–Trinajstić information content (AvgIpc) is 2.59. The van der Waals surface area contributed by atoms with Gasteiger partial charge in [-0.1, -0.05) is 50.1 Å². The van der Waals surface area contributed by atoms with E-state index in [4.69, 9.17) is 5.73 Å². The summed E-state index contributed by atoms with van der Waals surface area (Å²) < 4.78 is 0. The van der Waals surface area contributed by atoms with E-state index in [1.807, 2.05) is 30.4 Å². The molecule has 1 aliphatic rings. The van der Waals surface area contributed by atoms with Crippen LogP contribution in [0.2, 0.25) is 0 Å². The molecule has 0 atom stereocenters. The fraction of sp³-hybridized carbons (Fsp3) is 0.350. The van der Waals surface area contributed by atoms with E-state index in [-0.39, 0.29) is 11.2 Å². The second kappa shape index (κ2) is 7.93. The van der Waals surface area contributed by atoms with Gasteiger partial charge >= 0.3 is 0 Å². The molecule has 1 saturated carbocycles. The van der Waals surface area contributed by atoms with E-state index in [0.717, 1.165) is 37.5 Å². The number of rotatable bonds is 6. The Morgan fingerprint density at radius 3 is 2.43 bits per heavy atom. The maximum atomic E-state index is 11.1. The molecule has 1 aromatic rings. The standard InChI is InChI=1S/C20H25NO2/c1-16(15-22)14-18(6-5-13-21)20(11-3-2-4-12-20)17-7-9-19(23)10-8-17/h5-10,14-15,23H,1-4,11-13,21H2/b6-5-,18-14+. The number of carbonyl (C=O) groups excluding carboxylic acids is 1. The van der Waals surface area contributed by atoms with E-state index in [2.05, 4.69) is 6.58 Å². The molecular formula is C20H25NO2. The van der Waals surface area contributed by atoms with Crippen LogP contribution in [0.15, 0.2) is 60.2 Å². The van der Waals surface area contributed by atoms with Gasteiger partial charge in [0.25, 0.3) is 0 Å². The lowest BCUT2D eigenvalue weighted by molar-refractivity contribution is -0.104. The molecule has 122 valence electrons. The first-order valence-corrected chi connectivity index (χ1v) is 8.15. The molecule has 23 heavy (non-hydrogen) atoms. The van der Waals surface area contributed by atoms with Crippen LogP contribution in [0.3, 0.4) is 0 Å². The van der Waals surface area contributed by atoms with Crippen molar-refractivity contribution in [3.8, 4) is 5.75 Å². The minimum absolute atomic E-state index is 0.149. The van der Waals surface area contributed by atoms with Crippen LogP contribution in [0.4, 0.5) is 0 Å². The first-order chi connectivity index (χ1) is 11.1. The van der Waals surface area contributed by atoms with Crippen LogP contribution in [0.5, 0.6) is 5.75 Å². The highest BCUT2D eigenvalue weighted by atomic mass is 16.3. The topological polar surface area (TPSA) is 63.3 Å². The number of phenolic OH excluding ortho intramolecular Hbond substituents is 1. The zero-order valence-corrected chi connectivity index (χ0v) is 13.5. The zero-order valence-electron chi connectivity index (χ0n) is 13.5. The zero-order chi connectivity index (χ0) is 16.7. The van der Waals surface area contributed by atoms with Gasteiger partial charge in [-0.05, 0) is 42.2 Å². The van der Waals surface area contributed by atoms with Crippen LogP contribution < -0.4 is 5.73 Å². The number of hydrogen-bond acceptors (Lipinski definition) is 3. The van der Waals surface area contributed by atoms with Crippen molar-refractivity contribution >= 4 is 6.29 Å². The van der Waals surface area contributed by atoms with Gasteiger partial charge in [0, 0.05) is 17.5 Å². The Hall–Kier alpha value is -2.13. The van der Waals surface area contributed by atoms with E-state index >= 15 is 0 Å². The van der Waals surface area contributed by atoms with Gasteiger partial charge in [-0.15, -0.1) is 0 Å². The summed E-state index contributed by atoms with van der Waals surface area (Å²) in [6, 6.07) is 7.41. The van der Waals surface area contributed by atoms with Crippen molar-refractivity contribution in [2.45, 2.75) is 37.5 Å². The van der Waals surface area contributed by atoms with Crippen LogP contribution in [0.25, 0.3) is 0 Å². The second-order valence-corrected chi connectivity index (χ2v) is 6.12. The molecule has 0 aliphatic heterocycles. The van der Waals surface area contributed by atoms with Crippen molar-refractivity contribution in [1.29, 1.82) is 0 Å². The summed E-state index contributed by atoms with van der Waals surface area (Å²) in [5.41, 5.74) is 8.19. The summed E-state index contributed by atoms with van der Waals surface area (Å²) >= 11 is 0. The van der Waals surface area contributed by atoms with Crippen molar-refractivity contribution in [1.82, 2.24) is 0 Å². The second-order valence-electron chi connectivity index (χ2n) is 6.12. The highest BCUT2D eigenvalue weighted by Crippen LogP contribution is 2.46. The Labute approximate surface area is 138 Å². The summed E-state index contributed by atoms with van der Waals surface area (Å²) in [7, 11) is 0. The number of benzene rings is 1. The van der Waals surface area contributed by atoms with Gasteiger partial charge in [-0.2, -0.15) is 0 Å². The number of carbonyl (C=O) groups is 1. The summed E-state index contributed by atoms with van der Waals surface area (Å²) in [4.78, 5) is 11.1. The van der Waals surface area contributed by atoms with Crippen LogP contribution >= 0.6 is 0 Å². The predicted octanol–water partition coefficient (Wildman–Crippen LogP) is 3.79. The molecule has 1 fully saturated rings. The molecule has 1 aliphatic carbocycles. The van der Waals surface area contributed by atoms with Crippen molar-refractivity contribution in [3.63, 3.8) is 0 Å². The van der Waals surface area contributed by atoms with Crippen molar-refractivity contribution in [2.24, 2.45) is 5.73 Å². The summed E-state index contributed by atoms with van der Waals surface area (Å²) in [5.74, 6) is 0.264. The first kappa shape index (κ1) is 17.2. The summed E-state index contributed by atoms with van der Waals surface area (Å²) in [6.07, 6.45) is 12.1. The average molecular weight is 311 g/mol. The molecule has 0 bridgehead atoms. The lowest BCUT2D eigenvalue weighted by Crippen LogP contribution is -2.31. The molecular weight excluding hydrogens is 286 g/mol. The van der Waals surface area contributed by atoms with E-state index < -0.39 is 0 Å². The molecule has 0 amide bonds. The van der Waals surface area contributed by atoms with E-state index in [9.17, 15) is 9.90 Å². The van der Waals surface area contributed by atoms with Crippen LogP contribution in [0, 0.1) is 0 Å². The van der Waals surface area contributed by atoms with Crippen LogP contribution in [-0.4, -0.2) is 17.9 Å². The lowest BCUT2D eigenvalue weighted by Gasteiger charge is -2.39. The fourth-order valence-corrected chi connectivity index (χ4v) is 3.45. The Kier molecular flexibility index (Phi) is 5.94. The van der Waals surface area contributed by atoms with Crippen molar-refractivity contribution < 1.29 is 9.90 Å². The highest BCUT2D eigenvalue weighted by molar-refractivity contribution is 5.77. The SMILES string of the molecule is C=C(C=O)/C=C(\C=C/CN)C1(c2ccc(O)cc2)CCCCC1. The van der Waals surface area contributed by atoms with Gasteiger partial charge in [-0.3, -0.25) is 4.79 Å². The largest absolute Gasteiger partial charge is 0.508 e. The predicted molar refractivity (Wildman–Crippen MR) is 94.4 cm³/mol. The van der Waals surface area contributed by atoms with E-state index in [1.165, 1.54) is 12.0 Å². The lowest BCUT2D eigenvalue weighted by atomic mass is 9.64. The molecule has 0 spiro atoms. The van der Waals surface area contributed by atoms with Crippen molar-refractivity contribution in [2.75, 3.05) is 6.54 Å². The maximum Gasteiger partial charge on any atom is 0.149 e. The minimum Gasteiger partial charge on any atom is -0.508 e. The van der Waals surface area contributed by atoms with Crippen LogP contribution in [-0.2, 0) is 10.2 Å². The van der Waals surface area contributed by atoms with Gasteiger partial charge in [0.15, 0.2) is 0 Å². The molecule has 2 rings (SSSR count). The number of phenols is 1. The van der Waals surface area contributed by atoms with Crippen molar-refractivity contribution in [3.05, 3.63) is 65.8 Å². The van der Waals surface area contributed by atoms with Gasteiger partial charge in [-0.25, -0.2) is 0 Å². The monoisotopic (exact) mass is 311 g/mol. The van der Waals surface area contributed by atoms with Gasteiger partial charge < -0.3 is 10.8 Å². The van der Waals surface area contributed by atoms with E-state index in [1.54, 1.807) is 12.1 Å². The molecule has 0 radical (unpaired) electrons. The number of aromatic hydroxyl groups is 1. The molecule has 0 saturated heterocycles. The molecule has 3 N–H and O–H groups in total. The summed E-state index contributed by atoms with van der Waals surface area (Å²) in [6.45, 7) is 4.26. The molecule has 0 aromatic heterocycles. The number of allylic oxidation sites excluding steroid dienone is 4. The maximum absolute atomic E-state index is 11.1. The first-order valence-electron chi connectivity index (χ1n) is 8.15. The third kappa shape index (κ3) is 3.99. The molecule has 3 heteroatoms. The third-order valence-corrected chi connectivity index (χ3v) is 4.61. The molecule has 3 nitrogen and oxygen atoms in total. The minimum atomic E-state index is -0.149. The summed E-state index contributed by atoms with van der Waals surface area (Å²) in [5, 5.41) is 9.60. The van der Waals surface area contributed by atoms with Crippen LogP contribution in [0.1, 0.15) is 37.7 Å². The Bertz CT molecular complexity index is 605. The fourth-order valence-electron chi connectivity index (χ4n) is 3.45. The normalized spacial score (nSPS) is 18.0. The molecule has 1 aromatic carbocycles. The molecule has 0 heterocycles. The van der Waals surface area contributed by atoms with Gasteiger partial charge in [0.1, 0.15) is 12.0 Å².